The van der Waals surface area contributed by atoms with Crippen molar-refractivity contribution in [1.82, 2.24) is 0 Å². The van der Waals surface area contributed by atoms with Gasteiger partial charge in [-0.15, -0.1) is 0 Å². The smallest absolute Gasteiger partial charge is 0.347 e. The van der Waals surface area contributed by atoms with Crippen molar-refractivity contribution in [3.05, 3.63) is 89.5 Å². The summed E-state index contributed by atoms with van der Waals surface area (Å²) in [4.78, 5) is 12.3. The highest BCUT2D eigenvalue weighted by molar-refractivity contribution is 7.86. The number of carboxylic acid groups (broad SMARTS) is 1. The molecular formula is C21H16O5S. The van der Waals surface area contributed by atoms with Crippen LogP contribution in [0.1, 0.15) is 16.7 Å². The third-order valence-corrected chi connectivity index (χ3v) is 6.07. The van der Waals surface area contributed by atoms with Gasteiger partial charge in [-0.2, -0.15) is 8.42 Å². The summed E-state index contributed by atoms with van der Waals surface area (Å²) in [6, 6.07) is 19.7. The second kappa shape index (κ2) is 6.04. The second-order valence-corrected chi connectivity index (χ2v) is 7.97. The maximum atomic E-state index is 12.9. The zero-order valence-corrected chi connectivity index (χ0v) is 15.2. The van der Waals surface area contributed by atoms with Crippen LogP contribution in [0, 0.1) is 6.92 Å². The van der Waals surface area contributed by atoms with E-state index in [-0.39, 0.29) is 4.90 Å². The van der Waals surface area contributed by atoms with Crippen LogP contribution >= 0.6 is 0 Å². The molecule has 0 fully saturated rings. The van der Waals surface area contributed by atoms with Crippen LogP contribution in [-0.2, 0) is 24.7 Å². The van der Waals surface area contributed by atoms with Crippen molar-refractivity contribution in [2.45, 2.75) is 17.4 Å². The van der Waals surface area contributed by atoms with Gasteiger partial charge in [0.05, 0.1) is 4.90 Å². The molecule has 0 atom stereocenters. The minimum Gasteiger partial charge on any atom is -0.479 e. The number of benzene rings is 3. The highest BCUT2D eigenvalue weighted by atomic mass is 32.2. The van der Waals surface area contributed by atoms with Gasteiger partial charge in [-0.1, -0.05) is 66.2 Å². The molecule has 6 heteroatoms. The Labute approximate surface area is 157 Å². The van der Waals surface area contributed by atoms with Crippen molar-refractivity contribution in [3.8, 4) is 11.1 Å². The van der Waals surface area contributed by atoms with E-state index in [1.165, 1.54) is 12.1 Å². The van der Waals surface area contributed by atoms with Gasteiger partial charge < -0.3 is 5.11 Å². The molecule has 1 aliphatic rings. The molecule has 0 saturated carbocycles. The van der Waals surface area contributed by atoms with Crippen LogP contribution in [0.4, 0.5) is 0 Å². The van der Waals surface area contributed by atoms with Crippen molar-refractivity contribution in [2.24, 2.45) is 0 Å². The van der Waals surface area contributed by atoms with E-state index in [0.717, 1.165) is 5.56 Å². The quantitative estimate of drug-likeness (QED) is 0.698. The average Bonchev–Trinajstić information content (AvgIpc) is 2.93. The molecule has 27 heavy (non-hydrogen) atoms. The number of hydrogen-bond acceptors (Lipinski definition) is 4. The van der Waals surface area contributed by atoms with E-state index >= 15 is 0 Å². The molecule has 4 rings (SSSR count). The van der Waals surface area contributed by atoms with Gasteiger partial charge in [-0.3, -0.25) is 0 Å². The Bertz CT molecular complexity index is 1100. The van der Waals surface area contributed by atoms with Crippen LogP contribution in [0.2, 0.25) is 0 Å². The molecule has 3 aromatic carbocycles. The predicted molar refractivity (Wildman–Crippen MR) is 99.7 cm³/mol. The Morgan fingerprint density at radius 3 is 1.81 bits per heavy atom. The van der Waals surface area contributed by atoms with E-state index in [2.05, 4.69) is 0 Å². The van der Waals surface area contributed by atoms with Gasteiger partial charge in [0.15, 0.2) is 0 Å². The zero-order valence-electron chi connectivity index (χ0n) is 14.4. The summed E-state index contributed by atoms with van der Waals surface area (Å²) in [5, 5.41) is 10.1. The largest absolute Gasteiger partial charge is 0.479 e. The topological polar surface area (TPSA) is 80.7 Å². The molecule has 136 valence electrons. The van der Waals surface area contributed by atoms with Gasteiger partial charge in [0, 0.05) is 11.1 Å². The van der Waals surface area contributed by atoms with Crippen LogP contribution in [0.3, 0.4) is 0 Å². The number of hydrogen-bond donors (Lipinski definition) is 1. The van der Waals surface area contributed by atoms with Gasteiger partial charge in [0.1, 0.15) is 0 Å². The van der Waals surface area contributed by atoms with Gasteiger partial charge in [0.2, 0.25) is 5.60 Å². The number of aliphatic carboxylic acids is 1. The summed E-state index contributed by atoms with van der Waals surface area (Å²) in [5.74, 6) is -1.38. The van der Waals surface area contributed by atoms with Crippen LogP contribution < -0.4 is 0 Å². The fraction of sp³-hybridized carbons (Fsp3) is 0.0952. The number of rotatable bonds is 4. The van der Waals surface area contributed by atoms with Crippen molar-refractivity contribution in [1.29, 1.82) is 0 Å². The minimum atomic E-state index is -4.33. The van der Waals surface area contributed by atoms with Crippen molar-refractivity contribution in [3.63, 3.8) is 0 Å². The maximum Gasteiger partial charge on any atom is 0.347 e. The van der Waals surface area contributed by atoms with Crippen molar-refractivity contribution in [2.75, 3.05) is 0 Å². The third kappa shape index (κ3) is 2.57. The lowest BCUT2D eigenvalue weighted by atomic mass is 9.92. The summed E-state index contributed by atoms with van der Waals surface area (Å²) < 4.78 is 31.4. The summed E-state index contributed by atoms with van der Waals surface area (Å²) in [5.41, 5.74) is 0.656. The number of carbonyl (C=O) groups is 1. The SMILES string of the molecule is Cc1ccc(S(=O)(=O)OC2(C(=O)O)c3ccccc3-c3ccccc32)cc1. The van der Waals surface area contributed by atoms with Crippen LogP contribution in [0.25, 0.3) is 11.1 Å². The summed E-state index contributed by atoms with van der Waals surface area (Å²) in [7, 11) is -4.33. The Kier molecular flexibility index (Phi) is 3.91. The number of aryl methyl sites for hydroxylation is 1. The predicted octanol–water partition coefficient (Wildman–Crippen LogP) is 3.71. The molecule has 1 aliphatic carbocycles. The van der Waals surface area contributed by atoms with Crippen molar-refractivity contribution < 1.29 is 22.5 Å². The summed E-state index contributed by atoms with van der Waals surface area (Å²) >= 11 is 0. The monoisotopic (exact) mass is 380 g/mol. The molecule has 0 unspecified atom stereocenters. The van der Waals surface area contributed by atoms with Gasteiger partial charge >= 0.3 is 5.97 Å². The first-order valence-electron chi connectivity index (χ1n) is 8.31. The average molecular weight is 380 g/mol. The normalized spacial score (nSPS) is 14.4. The van der Waals surface area contributed by atoms with E-state index in [1.54, 1.807) is 60.7 Å². The number of fused-ring (bicyclic) bond motifs is 3. The Morgan fingerprint density at radius 1 is 0.852 bits per heavy atom. The van der Waals surface area contributed by atoms with Crippen LogP contribution in [0.5, 0.6) is 0 Å². The Morgan fingerprint density at radius 2 is 1.33 bits per heavy atom. The fourth-order valence-corrected chi connectivity index (χ4v) is 4.61. The number of carboxylic acids is 1. The lowest BCUT2D eigenvalue weighted by Crippen LogP contribution is -2.40. The van der Waals surface area contributed by atoms with Gasteiger partial charge in [-0.05, 0) is 30.2 Å². The second-order valence-electron chi connectivity index (χ2n) is 6.43. The molecule has 0 spiro atoms. The first-order valence-corrected chi connectivity index (χ1v) is 9.72. The van der Waals surface area contributed by atoms with E-state index in [0.29, 0.717) is 22.3 Å². The third-order valence-electron chi connectivity index (χ3n) is 4.75. The zero-order chi connectivity index (χ0) is 19.2. The first-order chi connectivity index (χ1) is 12.9. The van der Waals surface area contributed by atoms with E-state index in [9.17, 15) is 18.3 Å². The molecule has 0 heterocycles. The molecule has 0 aromatic heterocycles. The van der Waals surface area contributed by atoms with E-state index < -0.39 is 21.7 Å². The molecule has 0 saturated heterocycles. The first kappa shape index (κ1) is 17.5. The van der Waals surface area contributed by atoms with E-state index in [1.807, 2.05) is 6.92 Å². The molecular weight excluding hydrogens is 364 g/mol. The molecule has 1 N–H and O–H groups in total. The molecule has 0 radical (unpaired) electrons. The molecule has 0 aliphatic heterocycles. The van der Waals surface area contributed by atoms with Crippen molar-refractivity contribution >= 4 is 16.1 Å². The van der Waals surface area contributed by atoms with Gasteiger partial charge in [-0.25, -0.2) is 8.98 Å². The lowest BCUT2D eigenvalue weighted by Gasteiger charge is -2.26. The maximum absolute atomic E-state index is 12.9. The molecule has 5 nitrogen and oxygen atoms in total. The standard InChI is InChI=1S/C21H16O5S/c1-14-10-12-15(13-11-14)27(24,25)26-21(20(22)23)18-8-4-2-6-16(18)17-7-3-5-9-19(17)21/h2-13H,1H3,(H,22,23). The molecule has 0 bridgehead atoms. The summed E-state index contributed by atoms with van der Waals surface area (Å²) in [6.45, 7) is 1.83. The van der Waals surface area contributed by atoms with Crippen LogP contribution in [-0.4, -0.2) is 19.5 Å². The molecule has 3 aromatic rings. The van der Waals surface area contributed by atoms with Gasteiger partial charge in [0.25, 0.3) is 10.1 Å². The lowest BCUT2D eigenvalue weighted by molar-refractivity contribution is -0.151. The minimum absolute atomic E-state index is 0.0874. The molecule has 0 amide bonds. The Balaban J connectivity index is 1.95. The van der Waals surface area contributed by atoms with E-state index in [4.69, 9.17) is 4.18 Å². The Hall–Kier alpha value is -2.96. The highest BCUT2D eigenvalue weighted by Crippen LogP contribution is 2.50. The van der Waals surface area contributed by atoms with Crippen LogP contribution in [0.15, 0.2) is 77.7 Å². The summed E-state index contributed by atoms with van der Waals surface area (Å²) in [6.07, 6.45) is 0. The highest BCUT2D eigenvalue weighted by Gasteiger charge is 2.54. The fourth-order valence-electron chi connectivity index (χ4n) is 3.47.